The zero-order chi connectivity index (χ0) is 14.8. The first-order valence-corrected chi connectivity index (χ1v) is 9.05. The molecule has 1 aliphatic rings. The highest BCUT2D eigenvalue weighted by Gasteiger charge is 2.34. The van der Waals surface area contributed by atoms with E-state index in [2.05, 4.69) is 26.1 Å². The van der Waals surface area contributed by atoms with E-state index in [1.165, 1.54) is 0 Å². The highest BCUT2D eigenvalue weighted by molar-refractivity contribution is 7.91. The van der Waals surface area contributed by atoms with E-state index in [4.69, 9.17) is 4.42 Å². The van der Waals surface area contributed by atoms with Gasteiger partial charge in [0.05, 0.1) is 17.8 Å². The van der Waals surface area contributed by atoms with Crippen LogP contribution in [0.25, 0.3) is 0 Å². The molecule has 1 aromatic heterocycles. The van der Waals surface area contributed by atoms with Gasteiger partial charge in [-0.15, -0.1) is 0 Å². The summed E-state index contributed by atoms with van der Waals surface area (Å²) in [6, 6.07) is 3.85. The monoisotopic (exact) mass is 299 g/mol. The summed E-state index contributed by atoms with van der Waals surface area (Å²) >= 11 is 0. The van der Waals surface area contributed by atoms with Crippen molar-refractivity contribution in [3.63, 3.8) is 0 Å². The van der Waals surface area contributed by atoms with Gasteiger partial charge in [0.2, 0.25) is 0 Å². The van der Waals surface area contributed by atoms with E-state index in [0.29, 0.717) is 17.4 Å². The average Bonchev–Trinajstić information content (AvgIpc) is 2.92. The maximum atomic E-state index is 11.7. The molecule has 1 N–H and O–H groups in total. The molecule has 1 fully saturated rings. The van der Waals surface area contributed by atoms with Crippen molar-refractivity contribution in [3.05, 3.63) is 24.2 Å². The number of nitrogens with one attached hydrogen (secondary N) is 1. The fraction of sp³-hybridized carbons (Fsp3) is 0.733. The number of hydrogen-bond acceptors (Lipinski definition) is 4. The van der Waals surface area contributed by atoms with Crippen molar-refractivity contribution in [2.24, 2.45) is 11.8 Å². The minimum absolute atomic E-state index is 0.0406. The van der Waals surface area contributed by atoms with Crippen molar-refractivity contribution in [2.75, 3.05) is 18.1 Å². The lowest BCUT2D eigenvalue weighted by Crippen LogP contribution is -2.41. The van der Waals surface area contributed by atoms with E-state index >= 15 is 0 Å². The molecule has 2 atom stereocenters. The van der Waals surface area contributed by atoms with Crippen LogP contribution in [0.5, 0.6) is 0 Å². The van der Waals surface area contributed by atoms with Crippen molar-refractivity contribution in [3.8, 4) is 0 Å². The van der Waals surface area contributed by atoms with Crippen molar-refractivity contribution >= 4 is 9.84 Å². The number of furan rings is 1. The molecule has 2 heterocycles. The van der Waals surface area contributed by atoms with Crippen LogP contribution in [0.1, 0.15) is 33.0 Å². The summed E-state index contributed by atoms with van der Waals surface area (Å²) in [6.45, 7) is 7.21. The van der Waals surface area contributed by atoms with Gasteiger partial charge in [0.15, 0.2) is 9.84 Å². The van der Waals surface area contributed by atoms with Crippen LogP contribution in [-0.2, 0) is 16.3 Å². The Bertz CT molecular complexity index is 514. The topological polar surface area (TPSA) is 59.3 Å². The fourth-order valence-electron chi connectivity index (χ4n) is 2.73. The zero-order valence-corrected chi connectivity index (χ0v) is 13.4. The van der Waals surface area contributed by atoms with Crippen LogP contribution in [-0.4, -0.2) is 32.0 Å². The Hall–Kier alpha value is -0.810. The van der Waals surface area contributed by atoms with Gasteiger partial charge in [-0.1, -0.05) is 0 Å². The normalized spacial score (nSPS) is 23.9. The first-order valence-electron chi connectivity index (χ1n) is 7.23. The molecule has 0 radical (unpaired) electrons. The van der Waals surface area contributed by atoms with E-state index < -0.39 is 9.84 Å². The van der Waals surface area contributed by atoms with Crippen LogP contribution < -0.4 is 5.32 Å². The van der Waals surface area contributed by atoms with Gasteiger partial charge in [0.25, 0.3) is 0 Å². The quantitative estimate of drug-likeness (QED) is 0.906. The highest BCUT2D eigenvalue weighted by Crippen LogP contribution is 2.28. The molecule has 2 rings (SSSR count). The maximum absolute atomic E-state index is 11.7. The summed E-state index contributed by atoms with van der Waals surface area (Å²) < 4.78 is 28.8. The summed E-state index contributed by atoms with van der Waals surface area (Å²) in [5, 5.41) is 3.50. The van der Waals surface area contributed by atoms with Gasteiger partial charge >= 0.3 is 0 Å². The lowest BCUT2D eigenvalue weighted by molar-refractivity contribution is 0.288. The molecule has 2 unspecified atom stereocenters. The van der Waals surface area contributed by atoms with Crippen molar-refractivity contribution < 1.29 is 12.8 Å². The molecule has 0 bridgehead atoms. The molecule has 1 aromatic rings. The summed E-state index contributed by atoms with van der Waals surface area (Å²) in [7, 11) is -2.83. The maximum Gasteiger partial charge on any atom is 0.150 e. The molecule has 5 heteroatoms. The molecule has 1 saturated heterocycles. The third-order valence-electron chi connectivity index (χ3n) is 3.87. The molecule has 4 nitrogen and oxygen atoms in total. The van der Waals surface area contributed by atoms with E-state index in [1.54, 1.807) is 6.26 Å². The lowest BCUT2D eigenvalue weighted by Gasteiger charge is -2.28. The molecule has 0 saturated carbocycles. The van der Waals surface area contributed by atoms with Crippen LogP contribution in [0.2, 0.25) is 0 Å². The molecule has 20 heavy (non-hydrogen) atoms. The molecule has 0 spiro atoms. The number of sulfone groups is 1. The second kappa shape index (κ2) is 5.90. The summed E-state index contributed by atoms with van der Waals surface area (Å²) in [4.78, 5) is 0. The number of hydrogen-bond donors (Lipinski definition) is 1. The average molecular weight is 299 g/mol. The van der Waals surface area contributed by atoms with E-state index in [0.717, 1.165) is 25.1 Å². The van der Waals surface area contributed by atoms with Gasteiger partial charge in [-0.25, -0.2) is 8.42 Å². The minimum Gasteiger partial charge on any atom is -0.469 e. The largest absolute Gasteiger partial charge is 0.469 e. The van der Waals surface area contributed by atoms with Gasteiger partial charge < -0.3 is 9.73 Å². The third-order valence-corrected chi connectivity index (χ3v) is 5.67. The van der Waals surface area contributed by atoms with E-state index in [-0.39, 0.29) is 11.5 Å². The molecule has 0 amide bonds. The molecule has 114 valence electrons. The smallest absolute Gasteiger partial charge is 0.150 e. The molecule has 1 aliphatic heterocycles. The van der Waals surface area contributed by atoms with Gasteiger partial charge in [-0.05, 0) is 57.7 Å². The van der Waals surface area contributed by atoms with Gasteiger partial charge in [0, 0.05) is 12.0 Å². The molecular weight excluding hydrogens is 274 g/mol. The van der Waals surface area contributed by atoms with Crippen molar-refractivity contribution in [2.45, 2.75) is 39.2 Å². The second-order valence-electron chi connectivity index (χ2n) is 6.84. The summed E-state index contributed by atoms with van der Waals surface area (Å²) in [5.74, 6) is 2.14. The zero-order valence-electron chi connectivity index (χ0n) is 12.6. The Kier molecular flexibility index (Phi) is 4.59. The fourth-order valence-corrected chi connectivity index (χ4v) is 4.65. The van der Waals surface area contributed by atoms with Crippen LogP contribution in [0.15, 0.2) is 22.8 Å². The van der Waals surface area contributed by atoms with Crippen LogP contribution in [0.4, 0.5) is 0 Å². The van der Waals surface area contributed by atoms with Gasteiger partial charge in [0.1, 0.15) is 5.76 Å². The highest BCUT2D eigenvalue weighted by atomic mass is 32.2. The van der Waals surface area contributed by atoms with Crippen LogP contribution >= 0.6 is 0 Å². The van der Waals surface area contributed by atoms with Crippen molar-refractivity contribution in [1.82, 2.24) is 5.32 Å². The predicted octanol–water partition coefficient (Wildman–Crippen LogP) is 2.26. The Labute approximate surface area is 121 Å². The first kappa shape index (κ1) is 15.6. The third kappa shape index (κ3) is 4.63. The lowest BCUT2D eigenvalue weighted by atomic mass is 9.87. The Morgan fingerprint density at radius 3 is 2.70 bits per heavy atom. The SMILES string of the molecule is CC(C)(C)NCC(Cc1ccco1)C1CCS(=O)(=O)C1. The van der Waals surface area contributed by atoms with Gasteiger partial charge in [-0.2, -0.15) is 0 Å². The standard InChI is InChI=1S/C15H25NO3S/c1-15(2,3)16-10-13(9-14-5-4-7-19-14)12-6-8-20(17,18)11-12/h4-5,7,12-13,16H,6,8-11H2,1-3H3. The number of rotatable bonds is 5. The Morgan fingerprint density at radius 2 is 2.20 bits per heavy atom. The van der Waals surface area contributed by atoms with E-state index in [1.807, 2.05) is 12.1 Å². The molecule has 0 aromatic carbocycles. The van der Waals surface area contributed by atoms with Crippen LogP contribution in [0.3, 0.4) is 0 Å². The minimum atomic E-state index is -2.83. The molecular formula is C15H25NO3S. The first-order chi connectivity index (χ1) is 9.25. The predicted molar refractivity (Wildman–Crippen MR) is 80.4 cm³/mol. The Balaban J connectivity index is 2.03. The second-order valence-corrected chi connectivity index (χ2v) is 9.07. The summed E-state index contributed by atoms with van der Waals surface area (Å²) in [5.41, 5.74) is 0.0406. The van der Waals surface area contributed by atoms with Gasteiger partial charge in [-0.3, -0.25) is 0 Å². The Morgan fingerprint density at radius 1 is 1.45 bits per heavy atom. The van der Waals surface area contributed by atoms with Crippen molar-refractivity contribution in [1.29, 1.82) is 0 Å². The van der Waals surface area contributed by atoms with Crippen LogP contribution in [0, 0.1) is 11.8 Å². The van der Waals surface area contributed by atoms with E-state index in [9.17, 15) is 8.42 Å². The summed E-state index contributed by atoms with van der Waals surface area (Å²) in [6.07, 6.45) is 3.25. The molecule has 0 aliphatic carbocycles.